The number of ether oxygens (including phenoxy) is 1. The number of hydrogen-bond donors (Lipinski definition) is 2. The first kappa shape index (κ1) is 15.8. The SMILES string of the molecule is COc1cccc2c3c([nH]c12)C[C@@H]1C[C@@]3(c2cccc(O)c2)CCN1C. The van der Waals surface area contributed by atoms with E-state index in [1.165, 1.54) is 22.2 Å². The molecule has 2 N–H and O–H groups in total. The van der Waals surface area contributed by atoms with Gasteiger partial charge in [-0.3, -0.25) is 0 Å². The predicted octanol–water partition coefficient (Wildman–Crippen LogP) is 3.82. The van der Waals surface area contributed by atoms with E-state index in [4.69, 9.17) is 4.74 Å². The molecule has 1 aliphatic carbocycles. The quantitative estimate of drug-likeness (QED) is 0.740. The van der Waals surface area contributed by atoms with Crippen LogP contribution in [0.1, 0.15) is 29.7 Å². The third-order valence-corrected chi connectivity index (χ3v) is 6.51. The third-order valence-electron chi connectivity index (χ3n) is 6.51. The van der Waals surface area contributed by atoms with Gasteiger partial charge in [-0.05, 0) is 55.8 Å². The Balaban J connectivity index is 1.83. The molecule has 0 saturated carbocycles. The van der Waals surface area contributed by atoms with Gasteiger partial charge in [0.1, 0.15) is 11.5 Å². The van der Waals surface area contributed by atoms with Gasteiger partial charge in [-0.15, -0.1) is 0 Å². The Bertz CT molecular complexity index is 993. The number of hydrogen-bond acceptors (Lipinski definition) is 3. The number of aromatic nitrogens is 1. The van der Waals surface area contributed by atoms with Crippen molar-refractivity contribution in [1.29, 1.82) is 0 Å². The second-order valence-corrected chi connectivity index (χ2v) is 7.79. The van der Waals surface area contributed by atoms with E-state index in [0.717, 1.165) is 37.1 Å². The van der Waals surface area contributed by atoms with Crippen molar-refractivity contribution < 1.29 is 9.84 Å². The molecule has 2 bridgehead atoms. The third kappa shape index (κ3) is 2.05. The van der Waals surface area contributed by atoms with Gasteiger partial charge in [0.15, 0.2) is 0 Å². The van der Waals surface area contributed by atoms with E-state index in [1.54, 1.807) is 13.2 Å². The summed E-state index contributed by atoms with van der Waals surface area (Å²) in [5.74, 6) is 1.24. The van der Waals surface area contributed by atoms with E-state index in [9.17, 15) is 5.11 Å². The molecular formula is C22H24N2O2. The van der Waals surface area contributed by atoms with E-state index in [1.807, 2.05) is 18.2 Å². The summed E-state index contributed by atoms with van der Waals surface area (Å²) in [5.41, 5.74) is 4.97. The largest absolute Gasteiger partial charge is 0.508 e. The van der Waals surface area contributed by atoms with Gasteiger partial charge in [-0.25, -0.2) is 0 Å². The lowest BCUT2D eigenvalue weighted by atomic mass is 9.61. The minimum Gasteiger partial charge on any atom is -0.508 e. The zero-order valence-corrected chi connectivity index (χ0v) is 15.2. The molecule has 1 fully saturated rings. The number of phenols is 1. The average molecular weight is 348 g/mol. The maximum atomic E-state index is 10.1. The number of fused-ring (bicyclic) bond motifs is 6. The van der Waals surface area contributed by atoms with Crippen molar-refractivity contribution in [2.24, 2.45) is 0 Å². The Kier molecular flexibility index (Phi) is 3.35. The molecule has 2 heterocycles. The monoisotopic (exact) mass is 348 g/mol. The van der Waals surface area contributed by atoms with Crippen LogP contribution >= 0.6 is 0 Å². The second-order valence-electron chi connectivity index (χ2n) is 7.79. The van der Waals surface area contributed by atoms with Gasteiger partial charge in [-0.2, -0.15) is 0 Å². The highest BCUT2D eigenvalue weighted by atomic mass is 16.5. The number of piperidine rings is 1. The predicted molar refractivity (Wildman–Crippen MR) is 103 cm³/mol. The maximum Gasteiger partial charge on any atom is 0.142 e. The highest BCUT2D eigenvalue weighted by Crippen LogP contribution is 2.52. The summed E-state index contributed by atoms with van der Waals surface area (Å²) < 4.78 is 5.61. The summed E-state index contributed by atoms with van der Waals surface area (Å²) in [6, 6.07) is 14.7. The minimum atomic E-state index is -0.0614. The molecule has 3 aromatic rings. The van der Waals surface area contributed by atoms with Gasteiger partial charge in [-0.1, -0.05) is 24.3 Å². The standard InChI is InChI=1S/C22H24N2O2/c1-24-10-9-22(14-5-3-6-16(25)11-14)13-15(24)12-18-20(22)17-7-4-8-19(26-2)21(17)23-18/h3-8,11,15,23,25H,9-10,12-13H2,1-2H3/t15-,22-/m1/s1. The molecule has 4 nitrogen and oxygen atoms in total. The van der Waals surface area contributed by atoms with Gasteiger partial charge < -0.3 is 19.7 Å². The molecule has 26 heavy (non-hydrogen) atoms. The van der Waals surface area contributed by atoms with Crippen molar-refractivity contribution >= 4 is 10.9 Å². The normalized spacial score (nSPS) is 25.2. The van der Waals surface area contributed by atoms with Gasteiger partial charge in [0.25, 0.3) is 0 Å². The van der Waals surface area contributed by atoms with Crippen LogP contribution < -0.4 is 4.74 Å². The molecule has 5 rings (SSSR count). The first-order valence-electron chi connectivity index (χ1n) is 9.30. The number of nitrogens with zero attached hydrogens (tertiary/aromatic N) is 1. The van der Waals surface area contributed by atoms with Crippen LogP contribution in [0.3, 0.4) is 0 Å². The highest BCUT2D eigenvalue weighted by molar-refractivity contribution is 5.91. The number of aromatic amines is 1. The van der Waals surface area contributed by atoms with Crippen LogP contribution in [0, 0.1) is 0 Å². The van der Waals surface area contributed by atoms with Gasteiger partial charge in [0, 0.05) is 29.0 Å². The molecule has 134 valence electrons. The number of likely N-dealkylation sites (tertiary alicyclic amines) is 1. The number of methoxy groups -OCH3 is 1. The fourth-order valence-corrected chi connectivity index (χ4v) is 5.22. The number of nitrogens with one attached hydrogen (secondary N) is 1. The molecule has 2 aliphatic rings. The van der Waals surface area contributed by atoms with Crippen molar-refractivity contribution in [3.63, 3.8) is 0 Å². The Morgan fingerprint density at radius 3 is 2.88 bits per heavy atom. The molecule has 0 spiro atoms. The fraction of sp³-hybridized carbons (Fsp3) is 0.364. The van der Waals surface area contributed by atoms with E-state index in [0.29, 0.717) is 11.8 Å². The van der Waals surface area contributed by atoms with Crippen molar-refractivity contribution in [3.8, 4) is 11.5 Å². The molecule has 1 saturated heterocycles. The number of para-hydroxylation sites is 1. The average Bonchev–Trinajstić information content (AvgIpc) is 3.04. The molecular weight excluding hydrogens is 324 g/mol. The Morgan fingerprint density at radius 1 is 1.23 bits per heavy atom. The van der Waals surface area contributed by atoms with Crippen LogP contribution in [-0.4, -0.2) is 41.7 Å². The van der Waals surface area contributed by atoms with Crippen LogP contribution in [0.15, 0.2) is 42.5 Å². The molecule has 4 heteroatoms. The number of benzene rings is 2. The van der Waals surface area contributed by atoms with E-state index >= 15 is 0 Å². The van der Waals surface area contributed by atoms with Gasteiger partial charge in [0.05, 0.1) is 12.6 Å². The van der Waals surface area contributed by atoms with Crippen molar-refractivity contribution in [1.82, 2.24) is 9.88 Å². The van der Waals surface area contributed by atoms with Crippen LogP contribution in [0.25, 0.3) is 10.9 Å². The lowest BCUT2D eigenvalue weighted by Crippen LogP contribution is -2.52. The van der Waals surface area contributed by atoms with Crippen LogP contribution in [0.2, 0.25) is 0 Å². The topological polar surface area (TPSA) is 48.5 Å². The van der Waals surface area contributed by atoms with E-state index in [2.05, 4.69) is 35.1 Å². The molecule has 1 aromatic heterocycles. The molecule has 2 aromatic carbocycles. The highest BCUT2D eigenvalue weighted by Gasteiger charge is 2.48. The summed E-state index contributed by atoms with van der Waals surface area (Å²) in [6.07, 6.45) is 3.18. The molecule has 2 atom stereocenters. The van der Waals surface area contributed by atoms with Crippen LogP contribution in [-0.2, 0) is 11.8 Å². The van der Waals surface area contributed by atoms with Crippen molar-refractivity contribution in [2.75, 3.05) is 20.7 Å². The zero-order chi connectivity index (χ0) is 17.9. The molecule has 0 radical (unpaired) electrons. The maximum absolute atomic E-state index is 10.1. The summed E-state index contributed by atoms with van der Waals surface area (Å²) in [7, 11) is 3.96. The summed E-state index contributed by atoms with van der Waals surface area (Å²) in [5, 5.41) is 11.4. The summed E-state index contributed by atoms with van der Waals surface area (Å²) >= 11 is 0. The van der Waals surface area contributed by atoms with Gasteiger partial charge in [0.2, 0.25) is 0 Å². The molecule has 0 unspecified atom stereocenters. The lowest BCUT2D eigenvalue weighted by molar-refractivity contribution is 0.123. The zero-order valence-electron chi connectivity index (χ0n) is 15.2. The molecule has 1 aliphatic heterocycles. The number of phenolic OH excluding ortho intramolecular Hbond substituents is 1. The smallest absolute Gasteiger partial charge is 0.142 e. The van der Waals surface area contributed by atoms with Crippen LogP contribution in [0.5, 0.6) is 11.5 Å². The fourth-order valence-electron chi connectivity index (χ4n) is 5.22. The Morgan fingerprint density at radius 2 is 2.08 bits per heavy atom. The number of aromatic hydroxyl groups is 1. The van der Waals surface area contributed by atoms with E-state index in [-0.39, 0.29) is 5.41 Å². The number of likely N-dealkylation sites (N-methyl/N-ethyl adjacent to an activating group) is 1. The van der Waals surface area contributed by atoms with Gasteiger partial charge >= 0.3 is 0 Å². The van der Waals surface area contributed by atoms with E-state index < -0.39 is 0 Å². The summed E-state index contributed by atoms with van der Waals surface area (Å²) in [4.78, 5) is 6.16. The number of H-pyrrole nitrogens is 1. The first-order valence-corrected chi connectivity index (χ1v) is 9.30. The molecule has 0 amide bonds. The summed E-state index contributed by atoms with van der Waals surface area (Å²) in [6.45, 7) is 1.07. The number of rotatable bonds is 2. The second kappa shape index (κ2) is 5.52. The van der Waals surface area contributed by atoms with Crippen molar-refractivity contribution in [3.05, 3.63) is 59.3 Å². The lowest BCUT2D eigenvalue weighted by Gasteiger charge is -2.50. The van der Waals surface area contributed by atoms with Crippen molar-refractivity contribution in [2.45, 2.75) is 30.7 Å². The first-order chi connectivity index (χ1) is 12.6. The van der Waals surface area contributed by atoms with Crippen LogP contribution in [0.4, 0.5) is 0 Å². The Hall–Kier alpha value is -2.46. The Labute approximate surface area is 153 Å². The minimum absolute atomic E-state index is 0.0614.